The Labute approximate surface area is 257 Å². The van der Waals surface area contributed by atoms with E-state index in [2.05, 4.69) is 10.3 Å². The molecule has 0 aliphatic heterocycles. The van der Waals surface area contributed by atoms with Gasteiger partial charge < -0.3 is 15.3 Å². The molecule has 0 saturated carbocycles. The second-order valence-corrected chi connectivity index (χ2v) is 10.7. The molecule has 2 amide bonds. The van der Waals surface area contributed by atoms with E-state index in [-0.39, 0.29) is 30.7 Å². The van der Waals surface area contributed by atoms with E-state index in [0.29, 0.717) is 36.5 Å². The topological polar surface area (TPSA) is 99.6 Å². The van der Waals surface area contributed by atoms with Crippen LogP contribution in [0.4, 0.5) is 0 Å². The van der Waals surface area contributed by atoms with Crippen molar-refractivity contribution < 1.29 is 19.5 Å². The molecule has 8 heteroatoms. The van der Waals surface area contributed by atoms with Crippen molar-refractivity contribution in [2.24, 2.45) is 0 Å². The van der Waals surface area contributed by atoms with E-state index < -0.39 is 5.97 Å². The number of carbonyl (C=O) groups excluding carboxylic acids is 2. The minimum atomic E-state index is -1.02. The number of nitrogens with one attached hydrogen (secondary N) is 1. The van der Waals surface area contributed by atoms with Gasteiger partial charge in [-0.25, -0.2) is 4.98 Å². The fourth-order valence-corrected chi connectivity index (χ4v) is 5.16. The lowest BCUT2D eigenvalue weighted by Gasteiger charge is -2.22. The van der Waals surface area contributed by atoms with Gasteiger partial charge in [0.2, 0.25) is 5.91 Å². The standard InChI is InChI=1S/C35H36ClN3O4/c1-3-39(4-2)35(43)30-11-6-5-9-25(30)15-19-31(38-33(40)20-21-34(41)42)27-10-7-8-24(22-27)12-17-29-18-14-26-13-16-28(36)23-32(26)37-29/h5-14,16-18,22-23,31H,3-4,15,19-21H2,1-2H3,(H,38,40)(H,41,42)/b17-12+. The van der Waals surface area contributed by atoms with E-state index in [1.165, 1.54) is 0 Å². The monoisotopic (exact) mass is 597 g/mol. The van der Waals surface area contributed by atoms with Crippen LogP contribution in [0.5, 0.6) is 0 Å². The molecule has 0 aliphatic rings. The summed E-state index contributed by atoms with van der Waals surface area (Å²) in [6, 6.07) is 24.6. The van der Waals surface area contributed by atoms with Crippen LogP contribution < -0.4 is 5.32 Å². The summed E-state index contributed by atoms with van der Waals surface area (Å²) < 4.78 is 0. The normalized spacial score (nSPS) is 11.9. The minimum Gasteiger partial charge on any atom is -0.481 e. The van der Waals surface area contributed by atoms with Crippen LogP contribution in [0.15, 0.2) is 78.9 Å². The average molecular weight is 598 g/mol. The van der Waals surface area contributed by atoms with E-state index >= 15 is 0 Å². The smallest absolute Gasteiger partial charge is 0.303 e. The molecule has 3 aromatic carbocycles. The van der Waals surface area contributed by atoms with Crippen molar-refractivity contribution >= 4 is 52.4 Å². The van der Waals surface area contributed by atoms with Gasteiger partial charge in [0, 0.05) is 35.5 Å². The van der Waals surface area contributed by atoms with Gasteiger partial charge in [-0.1, -0.05) is 66.2 Å². The molecule has 1 unspecified atom stereocenters. The van der Waals surface area contributed by atoms with Crippen LogP contribution in [0.3, 0.4) is 0 Å². The number of nitrogens with zero attached hydrogens (tertiary/aromatic N) is 2. The zero-order valence-electron chi connectivity index (χ0n) is 24.4. The van der Waals surface area contributed by atoms with Crippen molar-refractivity contribution in [3.05, 3.63) is 112 Å². The highest BCUT2D eigenvalue weighted by Gasteiger charge is 2.20. The number of amides is 2. The van der Waals surface area contributed by atoms with E-state index in [4.69, 9.17) is 16.7 Å². The van der Waals surface area contributed by atoms with Crippen molar-refractivity contribution in [2.45, 2.75) is 45.6 Å². The van der Waals surface area contributed by atoms with Crippen LogP contribution >= 0.6 is 11.6 Å². The molecule has 2 N–H and O–H groups in total. The highest BCUT2D eigenvalue weighted by atomic mass is 35.5. The average Bonchev–Trinajstić information content (AvgIpc) is 3.01. The van der Waals surface area contributed by atoms with Crippen molar-refractivity contribution in [2.75, 3.05) is 13.1 Å². The molecule has 0 saturated heterocycles. The first kappa shape index (κ1) is 31.4. The first-order valence-corrected chi connectivity index (χ1v) is 14.9. The summed E-state index contributed by atoms with van der Waals surface area (Å²) in [5.41, 5.74) is 4.97. The van der Waals surface area contributed by atoms with Crippen LogP contribution in [-0.2, 0) is 16.0 Å². The summed E-state index contributed by atoms with van der Waals surface area (Å²) in [5, 5.41) is 13.7. The van der Waals surface area contributed by atoms with Crippen molar-refractivity contribution in [1.82, 2.24) is 15.2 Å². The zero-order valence-corrected chi connectivity index (χ0v) is 25.2. The van der Waals surface area contributed by atoms with Crippen LogP contribution in [0, 0.1) is 0 Å². The van der Waals surface area contributed by atoms with Crippen LogP contribution in [0.1, 0.15) is 71.9 Å². The number of halogens is 1. The predicted octanol–water partition coefficient (Wildman–Crippen LogP) is 7.20. The summed E-state index contributed by atoms with van der Waals surface area (Å²) in [7, 11) is 0. The molecule has 222 valence electrons. The number of hydrogen-bond donors (Lipinski definition) is 2. The van der Waals surface area contributed by atoms with Crippen LogP contribution in [-0.4, -0.2) is 45.9 Å². The number of aryl methyl sites for hydroxylation is 1. The Bertz CT molecular complexity index is 1630. The highest BCUT2D eigenvalue weighted by molar-refractivity contribution is 6.31. The third-order valence-electron chi connectivity index (χ3n) is 7.34. The molecule has 43 heavy (non-hydrogen) atoms. The molecule has 0 bridgehead atoms. The summed E-state index contributed by atoms with van der Waals surface area (Å²) >= 11 is 6.14. The van der Waals surface area contributed by atoms with Gasteiger partial charge in [0.25, 0.3) is 5.91 Å². The van der Waals surface area contributed by atoms with Crippen LogP contribution in [0.25, 0.3) is 23.1 Å². The number of carboxylic acids is 1. The van der Waals surface area contributed by atoms with E-state index in [1.807, 2.05) is 105 Å². The maximum atomic E-state index is 13.2. The molecule has 7 nitrogen and oxygen atoms in total. The number of aliphatic carboxylic acids is 1. The Morgan fingerprint density at radius 3 is 2.47 bits per heavy atom. The summed E-state index contributed by atoms with van der Waals surface area (Å²) in [4.78, 5) is 43.5. The minimum absolute atomic E-state index is 0.0145. The molecule has 1 heterocycles. The van der Waals surface area contributed by atoms with Crippen molar-refractivity contribution in [3.63, 3.8) is 0 Å². The van der Waals surface area contributed by atoms with Gasteiger partial charge in [-0.2, -0.15) is 0 Å². The van der Waals surface area contributed by atoms with Gasteiger partial charge >= 0.3 is 5.97 Å². The number of carboxylic acid groups (broad SMARTS) is 1. The first-order valence-electron chi connectivity index (χ1n) is 14.5. The third-order valence-corrected chi connectivity index (χ3v) is 7.57. The molecule has 0 fully saturated rings. The molecular formula is C35H36ClN3O4. The number of aromatic nitrogens is 1. The molecule has 0 spiro atoms. The Morgan fingerprint density at radius 1 is 0.930 bits per heavy atom. The Hall–Kier alpha value is -4.49. The number of hydrogen-bond acceptors (Lipinski definition) is 4. The SMILES string of the molecule is CCN(CC)C(=O)c1ccccc1CCC(NC(=O)CCC(=O)O)c1cccc(/C=C/c2ccc3ccc(Cl)cc3n2)c1. The Balaban J connectivity index is 1.57. The Kier molecular flexibility index (Phi) is 11.1. The van der Waals surface area contributed by atoms with E-state index in [0.717, 1.165) is 33.3 Å². The second-order valence-electron chi connectivity index (χ2n) is 10.3. The van der Waals surface area contributed by atoms with Crippen molar-refractivity contribution in [3.8, 4) is 0 Å². The van der Waals surface area contributed by atoms with E-state index in [9.17, 15) is 14.4 Å². The molecule has 0 radical (unpaired) electrons. The second kappa shape index (κ2) is 15.1. The lowest BCUT2D eigenvalue weighted by atomic mass is 9.94. The predicted molar refractivity (Wildman–Crippen MR) is 172 cm³/mol. The molecule has 4 rings (SSSR count). The number of fused-ring (bicyclic) bond motifs is 1. The van der Waals surface area contributed by atoms with Gasteiger partial charge in [-0.3, -0.25) is 14.4 Å². The third kappa shape index (κ3) is 8.75. The quantitative estimate of drug-likeness (QED) is 0.170. The first-order chi connectivity index (χ1) is 20.8. The molecular weight excluding hydrogens is 562 g/mol. The lowest BCUT2D eigenvalue weighted by molar-refractivity contribution is -0.138. The fourth-order valence-electron chi connectivity index (χ4n) is 5.00. The van der Waals surface area contributed by atoms with Crippen molar-refractivity contribution in [1.29, 1.82) is 0 Å². The Morgan fingerprint density at radius 2 is 1.70 bits per heavy atom. The molecule has 4 aromatic rings. The summed E-state index contributed by atoms with van der Waals surface area (Å²) in [5.74, 6) is -1.37. The highest BCUT2D eigenvalue weighted by Crippen LogP contribution is 2.24. The number of pyridine rings is 1. The molecule has 0 aliphatic carbocycles. The lowest BCUT2D eigenvalue weighted by Crippen LogP contribution is -2.31. The van der Waals surface area contributed by atoms with Gasteiger partial charge in [0.15, 0.2) is 0 Å². The maximum absolute atomic E-state index is 13.2. The van der Waals surface area contributed by atoms with Gasteiger partial charge in [-0.15, -0.1) is 0 Å². The van der Waals surface area contributed by atoms with Gasteiger partial charge in [0.1, 0.15) is 0 Å². The van der Waals surface area contributed by atoms with Crippen LogP contribution in [0.2, 0.25) is 5.02 Å². The summed E-state index contributed by atoms with van der Waals surface area (Å²) in [6.45, 7) is 5.16. The molecule has 1 aromatic heterocycles. The number of rotatable bonds is 13. The number of carbonyl (C=O) groups is 3. The van der Waals surface area contributed by atoms with Gasteiger partial charge in [-0.05, 0) is 79.8 Å². The molecule has 1 atom stereocenters. The zero-order chi connectivity index (χ0) is 30.8. The van der Waals surface area contributed by atoms with E-state index in [1.54, 1.807) is 4.90 Å². The maximum Gasteiger partial charge on any atom is 0.303 e. The van der Waals surface area contributed by atoms with Gasteiger partial charge in [0.05, 0.1) is 23.7 Å². The summed E-state index contributed by atoms with van der Waals surface area (Å²) in [6.07, 6.45) is 4.61. The largest absolute Gasteiger partial charge is 0.481 e. The fraction of sp³-hybridized carbons (Fsp3) is 0.257. The number of benzene rings is 3.